The molecule has 0 aromatic carbocycles. The third-order valence-corrected chi connectivity index (χ3v) is 1.99. The van der Waals surface area contributed by atoms with Gasteiger partial charge in [-0.25, -0.2) is 13.6 Å². The van der Waals surface area contributed by atoms with Gasteiger partial charge in [0.05, 0.1) is 26.4 Å². The van der Waals surface area contributed by atoms with Gasteiger partial charge in [-0.1, -0.05) is 0 Å². The molecule has 0 heterocycles. The molecule has 0 rings (SSSR count). The van der Waals surface area contributed by atoms with Gasteiger partial charge in [0, 0.05) is 19.4 Å². The van der Waals surface area contributed by atoms with E-state index < -0.39 is 31.3 Å². The summed E-state index contributed by atoms with van der Waals surface area (Å²) >= 11 is 0. The molecule has 18 heavy (non-hydrogen) atoms. The first kappa shape index (κ1) is 17.2. The second-order valence-corrected chi connectivity index (χ2v) is 3.55. The summed E-state index contributed by atoms with van der Waals surface area (Å²) < 4.78 is 40.1. The zero-order chi connectivity index (χ0) is 13.9. The molecule has 108 valence electrons. The van der Waals surface area contributed by atoms with Crippen molar-refractivity contribution in [1.82, 2.24) is 0 Å². The molecule has 0 bridgehead atoms. The van der Waals surface area contributed by atoms with Crippen molar-refractivity contribution in [1.29, 1.82) is 0 Å². The summed E-state index contributed by atoms with van der Waals surface area (Å²) in [5, 5.41) is 8.39. The van der Waals surface area contributed by atoms with Crippen LogP contribution in [0.15, 0.2) is 0 Å². The van der Waals surface area contributed by atoms with E-state index in [1.54, 1.807) is 6.92 Å². The molecule has 0 spiro atoms. The van der Waals surface area contributed by atoms with Gasteiger partial charge in [0.2, 0.25) is 0 Å². The highest BCUT2D eigenvalue weighted by atomic mass is 19.3. The number of hydrogen-bond acceptors (Lipinski definition) is 5. The molecule has 0 aliphatic carbocycles. The van der Waals surface area contributed by atoms with Crippen molar-refractivity contribution in [3.05, 3.63) is 0 Å². The molecular formula is C11H20F2O5. The molecule has 7 heteroatoms. The van der Waals surface area contributed by atoms with Gasteiger partial charge < -0.3 is 19.3 Å². The largest absolute Gasteiger partial charge is 0.464 e. The topological polar surface area (TPSA) is 65.0 Å². The number of aliphatic hydroxyl groups is 1. The Hall–Kier alpha value is -0.790. The van der Waals surface area contributed by atoms with Gasteiger partial charge in [-0.15, -0.1) is 0 Å². The molecule has 0 radical (unpaired) electrons. The molecule has 0 aromatic heterocycles. The Morgan fingerprint density at radius 1 is 1.17 bits per heavy atom. The summed E-state index contributed by atoms with van der Waals surface area (Å²) in [6, 6.07) is 0. The van der Waals surface area contributed by atoms with Gasteiger partial charge in [0.1, 0.15) is 6.61 Å². The Balaban J connectivity index is 3.33. The molecule has 5 nitrogen and oxygen atoms in total. The number of hydrogen-bond donors (Lipinski definition) is 1. The predicted molar refractivity (Wildman–Crippen MR) is 59.5 cm³/mol. The summed E-state index contributed by atoms with van der Waals surface area (Å²) in [6.45, 7) is 1.43. The third-order valence-electron chi connectivity index (χ3n) is 1.99. The quantitative estimate of drug-likeness (QED) is 0.448. The Kier molecular flexibility index (Phi) is 9.72. The van der Waals surface area contributed by atoms with E-state index in [2.05, 4.69) is 4.74 Å². The Morgan fingerprint density at radius 3 is 2.44 bits per heavy atom. The number of carbonyl (C=O) groups is 1. The first-order valence-corrected chi connectivity index (χ1v) is 5.81. The van der Waals surface area contributed by atoms with Crippen molar-refractivity contribution in [3.63, 3.8) is 0 Å². The van der Waals surface area contributed by atoms with Crippen LogP contribution in [0.3, 0.4) is 0 Å². The zero-order valence-electron chi connectivity index (χ0n) is 10.5. The Labute approximate surface area is 105 Å². The highest BCUT2D eigenvalue weighted by molar-refractivity contribution is 5.70. The average molecular weight is 270 g/mol. The van der Waals surface area contributed by atoms with Crippen LogP contribution >= 0.6 is 0 Å². The molecule has 0 saturated carbocycles. The van der Waals surface area contributed by atoms with Crippen LogP contribution < -0.4 is 0 Å². The Morgan fingerprint density at radius 2 is 1.83 bits per heavy atom. The van der Waals surface area contributed by atoms with Crippen molar-refractivity contribution in [2.75, 3.05) is 39.6 Å². The molecule has 1 N–H and O–H groups in total. The van der Waals surface area contributed by atoms with E-state index >= 15 is 0 Å². The highest BCUT2D eigenvalue weighted by Crippen LogP contribution is 2.21. The van der Waals surface area contributed by atoms with Crippen LogP contribution in [0.2, 0.25) is 0 Å². The van der Waals surface area contributed by atoms with Gasteiger partial charge in [-0.3, -0.25) is 0 Å². The lowest BCUT2D eigenvalue weighted by molar-refractivity contribution is -0.148. The maximum absolute atomic E-state index is 12.9. The predicted octanol–water partition coefficient (Wildman–Crippen LogP) is 0.990. The summed E-state index contributed by atoms with van der Waals surface area (Å²) in [7, 11) is 0. The average Bonchev–Trinajstić information content (AvgIpc) is 2.28. The van der Waals surface area contributed by atoms with Crippen LogP contribution in [0, 0.1) is 0 Å². The monoisotopic (exact) mass is 270 g/mol. The SMILES string of the molecule is CCOC(=O)COCCOCCC(F)(F)CCO. The number of halogens is 2. The van der Waals surface area contributed by atoms with Gasteiger partial charge in [-0.05, 0) is 6.92 Å². The zero-order valence-corrected chi connectivity index (χ0v) is 10.5. The van der Waals surface area contributed by atoms with Crippen molar-refractivity contribution in [2.45, 2.75) is 25.7 Å². The van der Waals surface area contributed by atoms with Crippen LogP contribution in [-0.4, -0.2) is 56.6 Å². The van der Waals surface area contributed by atoms with Crippen LogP contribution in [0.4, 0.5) is 8.78 Å². The fourth-order valence-electron chi connectivity index (χ4n) is 1.09. The molecule has 0 saturated heterocycles. The minimum atomic E-state index is -2.90. The fourth-order valence-corrected chi connectivity index (χ4v) is 1.09. The lowest BCUT2D eigenvalue weighted by atomic mass is 10.2. The lowest BCUT2D eigenvalue weighted by Crippen LogP contribution is -2.21. The summed E-state index contributed by atoms with van der Waals surface area (Å²) in [4.78, 5) is 10.8. The molecule has 0 fully saturated rings. The number of alkyl halides is 2. The van der Waals surface area contributed by atoms with Gasteiger partial charge in [0.15, 0.2) is 0 Å². The van der Waals surface area contributed by atoms with E-state index in [9.17, 15) is 13.6 Å². The lowest BCUT2D eigenvalue weighted by Gasteiger charge is -2.14. The number of rotatable bonds is 11. The summed E-state index contributed by atoms with van der Waals surface area (Å²) in [6.07, 6.45) is -0.999. The second-order valence-electron chi connectivity index (χ2n) is 3.55. The fraction of sp³-hybridized carbons (Fsp3) is 0.909. The molecule has 0 atom stereocenters. The standard InChI is InChI=1S/C11H20F2O5/c1-2-18-10(15)9-17-8-7-16-6-4-11(12,13)3-5-14/h14H,2-9H2,1H3. The maximum atomic E-state index is 12.9. The Bertz CT molecular complexity index is 223. The van der Waals surface area contributed by atoms with Crippen molar-refractivity contribution < 1.29 is 32.9 Å². The third kappa shape index (κ3) is 10.4. The van der Waals surface area contributed by atoms with Crippen LogP contribution in [-0.2, 0) is 19.0 Å². The van der Waals surface area contributed by atoms with Crippen molar-refractivity contribution in [3.8, 4) is 0 Å². The molecular weight excluding hydrogens is 250 g/mol. The molecule has 0 aliphatic rings. The van der Waals surface area contributed by atoms with Crippen LogP contribution in [0.5, 0.6) is 0 Å². The second kappa shape index (κ2) is 10.2. The summed E-state index contributed by atoms with van der Waals surface area (Å²) in [5.74, 6) is -3.37. The highest BCUT2D eigenvalue weighted by Gasteiger charge is 2.27. The van der Waals surface area contributed by atoms with E-state index in [4.69, 9.17) is 14.6 Å². The first-order valence-electron chi connectivity index (χ1n) is 5.81. The first-order chi connectivity index (χ1) is 8.52. The van der Waals surface area contributed by atoms with Crippen molar-refractivity contribution in [2.24, 2.45) is 0 Å². The number of aliphatic hydroxyl groups excluding tert-OH is 1. The van der Waals surface area contributed by atoms with Crippen LogP contribution in [0.25, 0.3) is 0 Å². The number of esters is 1. The van der Waals surface area contributed by atoms with Gasteiger partial charge in [-0.2, -0.15) is 0 Å². The molecule has 0 aliphatic heterocycles. The van der Waals surface area contributed by atoms with E-state index in [-0.39, 0.29) is 26.4 Å². The van der Waals surface area contributed by atoms with E-state index in [0.29, 0.717) is 6.61 Å². The normalized spacial score (nSPS) is 11.6. The molecule has 0 aromatic rings. The van der Waals surface area contributed by atoms with E-state index in [1.807, 2.05) is 0 Å². The van der Waals surface area contributed by atoms with Crippen LogP contribution in [0.1, 0.15) is 19.8 Å². The summed E-state index contributed by atoms with van der Waals surface area (Å²) in [5.41, 5.74) is 0. The van der Waals surface area contributed by atoms with E-state index in [0.717, 1.165) is 0 Å². The van der Waals surface area contributed by atoms with Gasteiger partial charge >= 0.3 is 5.97 Å². The minimum Gasteiger partial charge on any atom is -0.464 e. The molecule has 0 amide bonds. The maximum Gasteiger partial charge on any atom is 0.332 e. The molecule has 0 unspecified atom stereocenters. The smallest absolute Gasteiger partial charge is 0.332 e. The van der Waals surface area contributed by atoms with Crippen molar-refractivity contribution >= 4 is 5.97 Å². The van der Waals surface area contributed by atoms with E-state index in [1.165, 1.54) is 0 Å². The number of ether oxygens (including phenoxy) is 3. The number of carbonyl (C=O) groups excluding carboxylic acids is 1. The minimum absolute atomic E-state index is 0.115. The van der Waals surface area contributed by atoms with Gasteiger partial charge in [0.25, 0.3) is 5.92 Å².